The zero-order valence-corrected chi connectivity index (χ0v) is 16.2. The van der Waals surface area contributed by atoms with Gasteiger partial charge in [-0.3, -0.25) is 9.78 Å². The predicted octanol–water partition coefficient (Wildman–Crippen LogP) is 5.47. The van der Waals surface area contributed by atoms with E-state index in [4.69, 9.17) is 4.98 Å². The number of nitrogens with zero attached hydrogens (tertiary/aromatic N) is 2. The Morgan fingerprint density at radius 1 is 0.857 bits per heavy atom. The second-order valence-corrected chi connectivity index (χ2v) is 7.02. The van der Waals surface area contributed by atoms with Crippen molar-refractivity contribution in [2.75, 3.05) is 5.32 Å². The molecule has 0 fully saturated rings. The van der Waals surface area contributed by atoms with Gasteiger partial charge in [-0.05, 0) is 56.2 Å². The predicted molar refractivity (Wildman–Crippen MR) is 114 cm³/mol. The smallest absolute Gasteiger partial charge is 0.256 e. The van der Waals surface area contributed by atoms with Crippen molar-refractivity contribution in [3.63, 3.8) is 0 Å². The quantitative estimate of drug-likeness (QED) is 0.522. The van der Waals surface area contributed by atoms with Gasteiger partial charge in [0, 0.05) is 17.3 Å². The van der Waals surface area contributed by atoms with Gasteiger partial charge in [0.1, 0.15) is 0 Å². The summed E-state index contributed by atoms with van der Waals surface area (Å²) in [4.78, 5) is 22.3. The molecule has 4 rings (SSSR count). The summed E-state index contributed by atoms with van der Waals surface area (Å²) in [5.74, 6) is -0.147. The Morgan fingerprint density at radius 3 is 2.29 bits per heavy atom. The van der Waals surface area contributed by atoms with Gasteiger partial charge in [0.25, 0.3) is 5.91 Å². The van der Waals surface area contributed by atoms with Gasteiger partial charge in [-0.25, -0.2) is 4.98 Å². The number of carbonyl (C=O) groups is 1. The summed E-state index contributed by atoms with van der Waals surface area (Å²) in [5, 5.41) is 3.93. The van der Waals surface area contributed by atoms with Crippen LogP contribution in [0.3, 0.4) is 0 Å². The Hall–Kier alpha value is -3.53. The van der Waals surface area contributed by atoms with Crippen molar-refractivity contribution in [1.29, 1.82) is 0 Å². The van der Waals surface area contributed by atoms with E-state index in [2.05, 4.69) is 29.4 Å². The standard InChI is InChI=1S/C24H21N3O/c1-15-12-16(2)23(17(3)13-15)27-24(28)19-14-22(21-10-6-7-11-25-21)26-20-9-5-4-8-18(19)20/h4-14H,1-3H3,(H,27,28). The van der Waals surface area contributed by atoms with Crippen molar-refractivity contribution in [1.82, 2.24) is 9.97 Å². The molecule has 138 valence electrons. The van der Waals surface area contributed by atoms with Crippen LogP contribution >= 0.6 is 0 Å². The summed E-state index contributed by atoms with van der Waals surface area (Å²) in [5.41, 5.74) is 6.92. The van der Waals surface area contributed by atoms with Gasteiger partial charge in [0.15, 0.2) is 0 Å². The normalized spacial score (nSPS) is 10.8. The fraction of sp³-hybridized carbons (Fsp3) is 0.125. The Kier molecular flexibility index (Phi) is 4.62. The molecule has 2 aromatic heterocycles. The van der Waals surface area contributed by atoms with Crippen LogP contribution in [0.1, 0.15) is 27.0 Å². The van der Waals surface area contributed by atoms with Crippen LogP contribution < -0.4 is 5.32 Å². The van der Waals surface area contributed by atoms with E-state index in [0.29, 0.717) is 11.3 Å². The molecule has 1 N–H and O–H groups in total. The Bertz CT molecular complexity index is 1160. The van der Waals surface area contributed by atoms with Crippen LogP contribution in [-0.2, 0) is 0 Å². The van der Waals surface area contributed by atoms with Gasteiger partial charge in [0.05, 0.1) is 22.5 Å². The lowest BCUT2D eigenvalue weighted by atomic mass is 10.0. The molecule has 0 aliphatic heterocycles. The molecule has 0 atom stereocenters. The van der Waals surface area contributed by atoms with E-state index in [9.17, 15) is 4.79 Å². The molecule has 0 bridgehead atoms. The number of carbonyl (C=O) groups excluding carboxylic acids is 1. The maximum atomic E-state index is 13.2. The Balaban J connectivity index is 1.82. The molecule has 0 spiro atoms. The Labute approximate surface area is 164 Å². The number of para-hydroxylation sites is 1. The topological polar surface area (TPSA) is 54.9 Å². The van der Waals surface area contributed by atoms with Crippen molar-refractivity contribution >= 4 is 22.5 Å². The molecule has 1 amide bonds. The molecule has 0 radical (unpaired) electrons. The van der Waals surface area contributed by atoms with Crippen molar-refractivity contribution < 1.29 is 4.79 Å². The second-order valence-electron chi connectivity index (χ2n) is 7.02. The fourth-order valence-electron chi connectivity index (χ4n) is 3.57. The molecular weight excluding hydrogens is 346 g/mol. The van der Waals surface area contributed by atoms with Crippen molar-refractivity contribution in [3.05, 3.63) is 89.1 Å². The summed E-state index contributed by atoms with van der Waals surface area (Å²) in [7, 11) is 0. The van der Waals surface area contributed by atoms with E-state index in [1.54, 1.807) is 6.20 Å². The first-order chi connectivity index (χ1) is 13.5. The highest BCUT2D eigenvalue weighted by Gasteiger charge is 2.16. The lowest BCUT2D eigenvalue weighted by Gasteiger charge is -2.14. The molecule has 4 aromatic rings. The highest BCUT2D eigenvalue weighted by molar-refractivity contribution is 6.13. The average Bonchev–Trinajstić information content (AvgIpc) is 2.70. The minimum Gasteiger partial charge on any atom is -0.321 e. The maximum absolute atomic E-state index is 13.2. The molecule has 4 nitrogen and oxygen atoms in total. The monoisotopic (exact) mass is 367 g/mol. The summed E-state index contributed by atoms with van der Waals surface area (Å²) in [6, 6.07) is 19.3. The lowest BCUT2D eigenvalue weighted by Crippen LogP contribution is -2.15. The van der Waals surface area contributed by atoms with Gasteiger partial charge < -0.3 is 5.32 Å². The van der Waals surface area contributed by atoms with Gasteiger partial charge in [-0.2, -0.15) is 0 Å². The first-order valence-corrected chi connectivity index (χ1v) is 9.23. The van der Waals surface area contributed by atoms with E-state index in [1.807, 2.05) is 62.4 Å². The van der Waals surface area contributed by atoms with E-state index in [1.165, 1.54) is 5.56 Å². The second kappa shape index (κ2) is 7.24. The third-order valence-electron chi connectivity index (χ3n) is 4.80. The molecule has 28 heavy (non-hydrogen) atoms. The molecule has 4 heteroatoms. The number of aromatic nitrogens is 2. The largest absolute Gasteiger partial charge is 0.321 e. The number of rotatable bonds is 3. The summed E-state index contributed by atoms with van der Waals surface area (Å²) < 4.78 is 0. The molecule has 0 aliphatic carbocycles. The zero-order valence-electron chi connectivity index (χ0n) is 16.2. The van der Waals surface area contributed by atoms with Gasteiger partial charge in [-0.1, -0.05) is 42.0 Å². The molecule has 0 unspecified atom stereocenters. The van der Waals surface area contributed by atoms with Crippen LogP contribution in [0.5, 0.6) is 0 Å². The van der Waals surface area contributed by atoms with E-state index in [-0.39, 0.29) is 5.91 Å². The first kappa shape index (κ1) is 17.9. The Morgan fingerprint density at radius 2 is 1.57 bits per heavy atom. The molecule has 0 aliphatic rings. The number of hydrogen-bond donors (Lipinski definition) is 1. The van der Waals surface area contributed by atoms with E-state index < -0.39 is 0 Å². The van der Waals surface area contributed by atoms with Crippen LogP contribution in [0.4, 0.5) is 5.69 Å². The maximum Gasteiger partial charge on any atom is 0.256 e. The number of pyridine rings is 2. The SMILES string of the molecule is Cc1cc(C)c(NC(=O)c2cc(-c3ccccn3)nc3ccccc23)c(C)c1. The number of benzene rings is 2. The summed E-state index contributed by atoms with van der Waals surface area (Å²) in [6.45, 7) is 6.08. The number of hydrogen-bond acceptors (Lipinski definition) is 3. The van der Waals surface area contributed by atoms with Crippen LogP contribution in [0.15, 0.2) is 66.9 Å². The first-order valence-electron chi connectivity index (χ1n) is 9.23. The highest BCUT2D eigenvalue weighted by Crippen LogP contribution is 2.27. The van der Waals surface area contributed by atoms with Gasteiger partial charge in [0.2, 0.25) is 0 Å². The third kappa shape index (κ3) is 3.37. The van der Waals surface area contributed by atoms with E-state index in [0.717, 1.165) is 33.4 Å². The molecule has 0 saturated carbocycles. The van der Waals surface area contributed by atoms with Gasteiger partial charge in [-0.15, -0.1) is 0 Å². The van der Waals surface area contributed by atoms with Gasteiger partial charge >= 0.3 is 0 Å². The van der Waals surface area contributed by atoms with Crippen LogP contribution in [-0.4, -0.2) is 15.9 Å². The number of anilines is 1. The number of aryl methyl sites for hydroxylation is 3. The third-order valence-corrected chi connectivity index (χ3v) is 4.80. The zero-order chi connectivity index (χ0) is 19.7. The number of nitrogens with one attached hydrogen (secondary N) is 1. The van der Waals surface area contributed by atoms with Crippen molar-refractivity contribution in [2.45, 2.75) is 20.8 Å². The summed E-state index contributed by atoms with van der Waals surface area (Å²) in [6.07, 6.45) is 1.73. The molecule has 0 saturated heterocycles. The molecule has 2 heterocycles. The van der Waals surface area contributed by atoms with E-state index >= 15 is 0 Å². The van der Waals surface area contributed by atoms with Crippen LogP contribution in [0, 0.1) is 20.8 Å². The fourth-order valence-corrected chi connectivity index (χ4v) is 3.57. The highest BCUT2D eigenvalue weighted by atomic mass is 16.1. The van der Waals surface area contributed by atoms with Crippen molar-refractivity contribution in [3.8, 4) is 11.4 Å². The minimum absolute atomic E-state index is 0.147. The summed E-state index contributed by atoms with van der Waals surface area (Å²) >= 11 is 0. The molecule has 2 aromatic carbocycles. The molecular formula is C24H21N3O. The van der Waals surface area contributed by atoms with Crippen LogP contribution in [0.2, 0.25) is 0 Å². The minimum atomic E-state index is -0.147. The number of fused-ring (bicyclic) bond motifs is 1. The van der Waals surface area contributed by atoms with Crippen molar-refractivity contribution in [2.24, 2.45) is 0 Å². The number of amides is 1. The van der Waals surface area contributed by atoms with Crippen LogP contribution in [0.25, 0.3) is 22.3 Å². The lowest BCUT2D eigenvalue weighted by molar-refractivity contribution is 0.102. The average molecular weight is 367 g/mol.